The molecule has 0 radical (unpaired) electrons. The van der Waals surface area contributed by atoms with Gasteiger partial charge in [0.15, 0.2) is 0 Å². The molecule has 5 nitrogen and oxygen atoms in total. The Morgan fingerprint density at radius 1 is 1.10 bits per heavy atom. The number of aromatic nitrogens is 2. The third kappa shape index (κ3) is 3.07. The lowest BCUT2D eigenvalue weighted by molar-refractivity contribution is 0.543. The molecule has 1 unspecified atom stereocenters. The third-order valence-electron chi connectivity index (χ3n) is 3.54. The van der Waals surface area contributed by atoms with Gasteiger partial charge in [-0.1, -0.05) is 30.3 Å². The van der Waals surface area contributed by atoms with E-state index in [-0.39, 0.29) is 23.3 Å². The first-order valence-electron chi connectivity index (χ1n) is 7.08. The van der Waals surface area contributed by atoms with Crippen molar-refractivity contribution in [1.82, 2.24) is 9.55 Å². The number of hydrogen-bond donors (Lipinski definition) is 2. The summed E-state index contributed by atoms with van der Waals surface area (Å²) in [7, 11) is 0. The second-order valence-corrected chi connectivity index (χ2v) is 5.48. The number of rotatable bonds is 4. The smallest absolute Gasteiger partial charge is 0.330 e. The molecule has 2 aromatic rings. The fourth-order valence-corrected chi connectivity index (χ4v) is 2.30. The molecule has 0 aliphatic heterocycles. The lowest BCUT2D eigenvalue weighted by Crippen LogP contribution is -2.38. The van der Waals surface area contributed by atoms with Crippen LogP contribution in [0.2, 0.25) is 0 Å². The van der Waals surface area contributed by atoms with Gasteiger partial charge >= 0.3 is 5.69 Å². The van der Waals surface area contributed by atoms with Crippen molar-refractivity contribution in [2.75, 3.05) is 5.32 Å². The van der Waals surface area contributed by atoms with E-state index in [1.807, 2.05) is 51.1 Å². The molecule has 1 aromatic heterocycles. The molecule has 2 N–H and O–H groups in total. The van der Waals surface area contributed by atoms with Gasteiger partial charge in [0.05, 0.1) is 5.56 Å². The van der Waals surface area contributed by atoms with E-state index in [2.05, 4.69) is 10.3 Å². The standard InChI is InChI=1S/C16H21N3O2/c1-10(2)19-15(20)11(3)14(18-16(19)21)17-12(4)13-8-6-5-7-9-13/h5-10,12,17H,1-4H3,(H,18,21). The SMILES string of the molecule is Cc1c(NC(C)c2ccccc2)[nH]c(=O)n(C(C)C)c1=O. The van der Waals surface area contributed by atoms with Crippen LogP contribution in [0.3, 0.4) is 0 Å². The zero-order valence-corrected chi connectivity index (χ0v) is 12.8. The van der Waals surface area contributed by atoms with Gasteiger partial charge in [0.2, 0.25) is 0 Å². The zero-order valence-electron chi connectivity index (χ0n) is 12.8. The molecular formula is C16H21N3O2. The van der Waals surface area contributed by atoms with Crippen LogP contribution in [0, 0.1) is 6.92 Å². The Labute approximate surface area is 123 Å². The number of nitrogens with one attached hydrogen (secondary N) is 2. The van der Waals surface area contributed by atoms with Crippen molar-refractivity contribution in [2.24, 2.45) is 0 Å². The largest absolute Gasteiger partial charge is 0.365 e. The van der Waals surface area contributed by atoms with Crippen LogP contribution >= 0.6 is 0 Å². The summed E-state index contributed by atoms with van der Waals surface area (Å²) < 4.78 is 1.23. The Kier molecular flexibility index (Phi) is 4.31. The van der Waals surface area contributed by atoms with Gasteiger partial charge in [-0.25, -0.2) is 4.79 Å². The average molecular weight is 287 g/mol. The van der Waals surface area contributed by atoms with Crippen LogP contribution in [0.25, 0.3) is 0 Å². The lowest BCUT2D eigenvalue weighted by atomic mass is 10.1. The summed E-state index contributed by atoms with van der Waals surface area (Å²) in [5.74, 6) is 0.484. The summed E-state index contributed by atoms with van der Waals surface area (Å²) in [6.45, 7) is 7.34. The van der Waals surface area contributed by atoms with Gasteiger partial charge in [-0.05, 0) is 33.3 Å². The Balaban J connectivity index is 2.38. The predicted octanol–water partition coefficient (Wildman–Crippen LogP) is 2.60. The van der Waals surface area contributed by atoms with Crippen molar-refractivity contribution >= 4 is 5.82 Å². The van der Waals surface area contributed by atoms with E-state index in [4.69, 9.17) is 0 Å². The van der Waals surface area contributed by atoms with Gasteiger partial charge in [0.1, 0.15) is 5.82 Å². The number of H-pyrrole nitrogens is 1. The van der Waals surface area contributed by atoms with E-state index >= 15 is 0 Å². The molecule has 1 aromatic carbocycles. The molecule has 0 spiro atoms. The number of nitrogens with zero attached hydrogens (tertiary/aromatic N) is 1. The Bertz CT molecular complexity index is 729. The average Bonchev–Trinajstić information content (AvgIpc) is 2.45. The van der Waals surface area contributed by atoms with Gasteiger partial charge in [-0.15, -0.1) is 0 Å². The van der Waals surface area contributed by atoms with E-state index in [9.17, 15) is 9.59 Å². The minimum atomic E-state index is -0.386. The van der Waals surface area contributed by atoms with E-state index in [1.54, 1.807) is 6.92 Å². The molecule has 5 heteroatoms. The van der Waals surface area contributed by atoms with E-state index in [0.29, 0.717) is 11.4 Å². The molecule has 0 saturated heterocycles. The van der Waals surface area contributed by atoms with Crippen LogP contribution in [0.15, 0.2) is 39.9 Å². The fourth-order valence-electron chi connectivity index (χ4n) is 2.30. The number of hydrogen-bond acceptors (Lipinski definition) is 3. The molecule has 21 heavy (non-hydrogen) atoms. The molecule has 0 amide bonds. The van der Waals surface area contributed by atoms with Crippen LogP contribution in [-0.4, -0.2) is 9.55 Å². The van der Waals surface area contributed by atoms with Crippen molar-refractivity contribution in [3.8, 4) is 0 Å². The van der Waals surface area contributed by atoms with Crippen LogP contribution < -0.4 is 16.6 Å². The molecule has 2 rings (SSSR count). The van der Waals surface area contributed by atoms with Crippen molar-refractivity contribution in [3.63, 3.8) is 0 Å². The quantitative estimate of drug-likeness (QED) is 0.908. The maximum atomic E-state index is 12.3. The van der Waals surface area contributed by atoms with Crippen LogP contribution in [-0.2, 0) is 0 Å². The Morgan fingerprint density at radius 2 is 1.71 bits per heavy atom. The first kappa shape index (κ1) is 15.1. The van der Waals surface area contributed by atoms with Crippen LogP contribution in [0.1, 0.15) is 44.0 Å². The highest BCUT2D eigenvalue weighted by atomic mass is 16.2. The summed E-state index contributed by atoms with van der Waals surface area (Å²) in [6, 6.07) is 9.70. The molecule has 0 saturated carbocycles. The van der Waals surface area contributed by atoms with Crippen molar-refractivity contribution in [3.05, 3.63) is 62.3 Å². The zero-order chi connectivity index (χ0) is 15.6. The van der Waals surface area contributed by atoms with Crippen LogP contribution in [0.5, 0.6) is 0 Å². The highest BCUT2D eigenvalue weighted by Crippen LogP contribution is 2.17. The molecular weight excluding hydrogens is 266 g/mol. The lowest BCUT2D eigenvalue weighted by Gasteiger charge is -2.18. The first-order chi connectivity index (χ1) is 9.91. The molecule has 112 valence electrons. The summed E-state index contributed by atoms with van der Waals surface area (Å²) in [5, 5.41) is 3.21. The van der Waals surface area contributed by atoms with Gasteiger partial charge in [0.25, 0.3) is 5.56 Å². The van der Waals surface area contributed by atoms with E-state index in [1.165, 1.54) is 4.57 Å². The van der Waals surface area contributed by atoms with Gasteiger partial charge in [0, 0.05) is 12.1 Å². The van der Waals surface area contributed by atoms with E-state index in [0.717, 1.165) is 5.56 Å². The monoisotopic (exact) mass is 287 g/mol. The molecule has 1 heterocycles. The van der Waals surface area contributed by atoms with Crippen LogP contribution in [0.4, 0.5) is 5.82 Å². The number of benzene rings is 1. The summed E-state index contributed by atoms with van der Waals surface area (Å²) in [5.41, 5.74) is 0.969. The van der Waals surface area contributed by atoms with Crippen molar-refractivity contribution in [1.29, 1.82) is 0 Å². The fraction of sp³-hybridized carbons (Fsp3) is 0.375. The van der Waals surface area contributed by atoms with Crippen molar-refractivity contribution < 1.29 is 0 Å². The second kappa shape index (κ2) is 5.99. The second-order valence-electron chi connectivity index (χ2n) is 5.48. The molecule has 0 aliphatic carbocycles. The summed E-state index contributed by atoms with van der Waals surface area (Å²) in [4.78, 5) is 27.1. The maximum Gasteiger partial charge on any atom is 0.330 e. The van der Waals surface area contributed by atoms with Crippen molar-refractivity contribution in [2.45, 2.75) is 39.8 Å². The Morgan fingerprint density at radius 3 is 2.29 bits per heavy atom. The topological polar surface area (TPSA) is 66.9 Å². The maximum absolute atomic E-state index is 12.3. The molecule has 0 bridgehead atoms. The predicted molar refractivity (Wildman–Crippen MR) is 84.9 cm³/mol. The highest BCUT2D eigenvalue weighted by molar-refractivity contribution is 5.43. The summed E-state index contributed by atoms with van der Waals surface area (Å²) >= 11 is 0. The minimum absolute atomic E-state index is 0.00477. The minimum Gasteiger partial charge on any atom is -0.365 e. The molecule has 0 aliphatic rings. The molecule has 0 fully saturated rings. The third-order valence-corrected chi connectivity index (χ3v) is 3.54. The summed E-state index contributed by atoms with van der Waals surface area (Å²) in [6.07, 6.45) is 0. The normalized spacial score (nSPS) is 12.4. The number of aromatic amines is 1. The highest BCUT2D eigenvalue weighted by Gasteiger charge is 2.14. The van der Waals surface area contributed by atoms with Gasteiger partial charge in [-0.2, -0.15) is 0 Å². The van der Waals surface area contributed by atoms with Gasteiger partial charge in [-0.3, -0.25) is 14.3 Å². The molecule has 1 atom stereocenters. The Hall–Kier alpha value is -2.30. The first-order valence-corrected chi connectivity index (χ1v) is 7.08. The van der Waals surface area contributed by atoms with Gasteiger partial charge < -0.3 is 5.32 Å². The van der Waals surface area contributed by atoms with E-state index < -0.39 is 0 Å². The number of anilines is 1.